The molecule has 11 heavy (non-hydrogen) atoms. The van der Waals surface area contributed by atoms with Gasteiger partial charge in [0.15, 0.2) is 0 Å². The summed E-state index contributed by atoms with van der Waals surface area (Å²) >= 11 is 0. The Kier molecular flexibility index (Phi) is 5.63. The molecule has 0 heterocycles. The van der Waals surface area contributed by atoms with E-state index in [1.807, 2.05) is 26.0 Å². The highest BCUT2D eigenvalue weighted by Gasteiger charge is 1.97. The van der Waals surface area contributed by atoms with E-state index in [2.05, 4.69) is 6.92 Å². The molecular formula is C10H18O. The van der Waals surface area contributed by atoms with Gasteiger partial charge in [0.1, 0.15) is 0 Å². The third-order valence-corrected chi connectivity index (χ3v) is 1.59. The fraction of sp³-hybridized carbons (Fsp3) is 0.600. The van der Waals surface area contributed by atoms with Crippen molar-refractivity contribution >= 4 is 0 Å². The zero-order chi connectivity index (χ0) is 8.69. The maximum atomic E-state index is 9.41. The van der Waals surface area contributed by atoms with Crippen LogP contribution >= 0.6 is 0 Å². The van der Waals surface area contributed by atoms with Gasteiger partial charge in [-0.15, -0.1) is 0 Å². The maximum Gasteiger partial charge on any atom is 0.0951 e. The lowest BCUT2D eigenvalue weighted by Gasteiger charge is -2.02. The van der Waals surface area contributed by atoms with Crippen molar-refractivity contribution in [3.63, 3.8) is 0 Å². The maximum absolute atomic E-state index is 9.41. The molecule has 0 radical (unpaired) electrons. The van der Waals surface area contributed by atoms with Gasteiger partial charge in [0.25, 0.3) is 0 Å². The lowest BCUT2D eigenvalue weighted by Crippen LogP contribution is -1.86. The Bertz CT molecular complexity index is 154. The topological polar surface area (TPSA) is 20.2 Å². The molecule has 0 saturated carbocycles. The average Bonchev–Trinajstić information content (AvgIpc) is 2.03. The van der Waals surface area contributed by atoms with Crippen molar-refractivity contribution in [2.75, 3.05) is 0 Å². The monoisotopic (exact) mass is 154 g/mol. The van der Waals surface area contributed by atoms with E-state index >= 15 is 0 Å². The summed E-state index contributed by atoms with van der Waals surface area (Å²) in [6.07, 6.45) is 6.76. The van der Waals surface area contributed by atoms with E-state index in [1.165, 1.54) is 0 Å². The number of aliphatic hydroxyl groups excluding tert-OH is 1. The standard InChI is InChI=1S/C10H18O/c1-4-7-9(8-5-2)10(11)6-3/h4,7,11H,5-6,8H2,1-3H3/b7-4-,10-9-. The lowest BCUT2D eigenvalue weighted by atomic mass is 10.1. The fourth-order valence-electron chi connectivity index (χ4n) is 1.02. The Labute approximate surface area is 69.4 Å². The molecule has 64 valence electrons. The molecule has 1 heteroatoms. The van der Waals surface area contributed by atoms with Crippen molar-refractivity contribution in [3.8, 4) is 0 Å². The molecule has 0 fully saturated rings. The van der Waals surface area contributed by atoms with Crippen molar-refractivity contribution < 1.29 is 5.11 Å². The fourth-order valence-corrected chi connectivity index (χ4v) is 1.02. The second-order valence-electron chi connectivity index (χ2n) is 2.58. The van der Waals surface area contributed by atoms with Crippen molar-refractivity contribution in [1.29, 1.82) is 0 Å². The van der Waals surface area contributed by atoms with Crippen LogP contribution in [0, 0.1) is 0 Å². The molecule has 0 saturated heterocycles. The molecule has 1 N–H and O–H groups in total. The summed E-state index contributed by atoms with van der Waals surface area (Å²) in [4.78, 5) is 0. The van der Waals surface area contributed by atoms with Gasteiger partial charge in [-0.2, -0.15) is 0 Å². The van der Waals surface area contributed by atoms with Gasteiger partial charge < -0.3 is 5.11 Å². The summed E-state index contributed by atoms with van der Waals surface area (Å²) in [5, 5.41) is 9.41. The Balaban J connectivity index is 4.30. The number of hydrogen-bond donors (Lipinski definition) is 1. The van der Waals surface area contributed by atoms with Gasteiger partial charge in [-0.1, -0.05) is 32.4 Å². The molecule has 0 spiro atoms. The molecule has 0 amide bonds. The molecule has 0 aliphatic heterocycles. The molecule has 0 aromatic rings. The summed E-state index contributed by atoms with van der Waals surface area (Å²) in [6, 6.07) is 0. The minimum absolute atomic E-state index is 0.532. The van der Waals surface area contributed by atoms with E-state index in [0.717, 1.165) is 24.8 Å². The van der Waals surface area contributed by atoms with E-state index in [9.17, 15) is 5.11 Å². The molecule has 0 atom stereocenters. The molecule has 0 aliphatic carbocycles. The summed E-state index contributed by atoms with van der Waals surface area (Å²) < 4.78 is 0. The van der Waals surface area contributed by atoms with Crippen LogP contribution in [0.25, 0.3) is 0 Å². The number of allylic oxidation sites excluding steroid dienone is 4. The molecule has 1 nitrogen and oxygen atoms in total. The average molecular weight is 154 g/mol. The highest BCUT2D eigenvalue weighted by molar-refractivity contribution is 5.21. The Morgan fingerprint density at radius 3 is 2.36 bits per heavy atom. The van der Waals surface area contributed by atoms with Crippen LogP contribution in [-0.4, -0.2) is 5.11 Å². The van der Waals surface area contributed by atoms with Crippen LogP contribution in [0.1, 0.15) is 40.0 Å². The van der Waals surface area contributed by atoms with Crippen LogP contribution in [0.3, 0.4) is 0 Å². The highest BCUT2D eigenvalue weighted by Crippen LogP contribution is 2.13. The molecule has 0 aromatic heterocycles. The van der Waals surface area contributed by atoms with Crippen LogP contribution in [0.4, 0.5) is 0 Å². The lowest BCUT2D eigenvalue weighted by molar-refractivity contribution is 0.386. The van der Waals surface area contributed by atoms with Gasteiger partial charge in [-0.05, 0) is 18.9 Å². The van der Waals surface area contributed by atoms with Gasteiger partial charge in [0.2, 0.25) is 0 Å². The summed E-state index contributed by atoms with van der Waals surface area (Å²) in [6.45, 7) is 6.06. The molecule has 0 rings (SSSR count). The second-order valence-corrected chi connectivity index (χ2v) is 2.58. The van der Waals surface area contributed by atoms with Gasteiger partial charge >= 0.3 is 0 Å². The van der Waals surface area contributed by atoms with Crippen LogP contribution in [0.15, 0.2) is 23.5 Å². The van der Waals surface area contributed by atoms with Crippen molar-refractivity contribution in [3.05, 3.63) is 23.5 Å². The summed E-state index contributed by atoms with van der Waals surface area (Å²) in [5.41, 5.74) is 1.08. The van der Waals surface area contributed by atoms with Crippen LogP contribution in [0.5, 0.6) is 0 Å². The van der Waals surface area contributed by atoms with Crippen molar-refractivity contribution in [2.24, 2.45) is 0 Å². The van der Waals surface area contributed by atoms with Crippen LogP contribution in [0.2, 0.25) is 0 Å². The van der Waals surface area contributed by atoms with Gasteiger partial charge in [0.05, 0.1) is 5.76 Å². The van der Waals surface area contributed by atoms with Gasteiger partial charge in [-0.3, -0.25) is 0 Å². The predicted octanol–water partition coefficient (Wildman–Crippen LogP) is 3.58. The number of aliphatic hydroxyl groups is 1. The summed E-state index contributed by atoms with van der Waals surface area (Å²) in [7, 11) is 0. The van der Waals surface area contributed by atoms with E-state index in [0.29, 0.717) is 5.76 Å². The predicted molar refractivity (Wildman–Crippen MR) is 49.7 cm³/mol. The molecule has 0 bridgehead atoms. The summed E-state index contributed by atoms with van der Waals surface area (Å²) in [5.74, 6) is 0.532. The molecule has 0 aliphatic rings. The smallest absolute Gasteiger partial charge is 0.0951 e. The first-order valence-electron chi connectivity index (χ1n) is 4.29. The van der Waals surface area contributed by atoms with Gasteiger partial charge in [0, 0.05) is 6.42 Å². The minimum Gasteiger partial charge on any atom is -0.512 e. The first-order chi connectivity index (χ1) is 5.26. The normalized spacial score (nSPS) is 13.7. The SMILES string of the molecule is C/C=C\C(CCC)=C(\O)CC. The van der Waals surface area contributed by atoms with Crippen LogP contribution < -0.4 is 0 Å². The first kappa shape index (κ1) is 10.3. The van der Waals surface area contributed by atoms with E-state index in [4.69, 9.17) is 0 Å². The van der Waals surface area contributed by atoms with Crippen molar-refractivity contribution in [1.82, 2.24) is 0 Å². The third kappa shape index (κ3) is 3.87. The van der Waals surface area contributed by atoms with E-state index < -0.39 is 0 Å². The quantitative estimate of drug-likeness (QED) is 0.484. The zero-order valence-corrected chi connectivity index (χ0v) is 7.72. The van der Waals surface area contributed by atoms with E-state index in [-0.39, 0.29) is 0 Å². The zero-order valence-electron chi connectivity index (χ0n) is 7.72. The van der Waals surface area contributed by atoms with Gasteiger partial charge in [-0.25, -0.2) is 0 Å². The van der Waals surface area contributed by atoms with Crippen LogP contribution in [-0.2, 0) is 0 Å². The highest BCUT2D eigenvalue weighted by atomic mass is 16.3. The Hall–Kier alpha value is -0.720. The molecular weight excluding hydrogens is 136 g/mol. The number of hydrogen-bond acceptors (Lipinski definition) is 1. The minimum atomic E-state index is 0.532. The second kappa shape index (κ2) is 6.02. The molecule has 0 unspecified atom stereocenters. The first-order valence-corrected chi connectivity index (χ1v) is 4.29. The number of rotatable bonds is 4. The molecule has 0 aromatic carbocycles. The van der Waals surface area contributed by atoms with Crippen molar-refractivity contribution in [2.45, 2.75) is 40.0 Å². The Morgan fingerprint density at radius 1 is 1.36 bits per heavy atom. The third-order valence-electron chi connectivity index (χ3n) is 1.59. The largest absolute Gasteiger partial charge is 0.512 e. The Morgan fingerprint density at radius 2 is 2.00 bits per heavy atom. The van der Waals surface area contributed by atoms with E-state index in [1.54, 1.807) is 0 Å².